The third-order valence-corrected chi connectivity index (χ3v) is 7.98. The average molecular weight is 556 g/mol. The van der Waals surface area contributed by atoms with Gasteiger partial charge in [-0.05, 0) is 42.2 Å². The quantitative estimate of drug-likeness (QED) is 0.362. The van der Waals surface area contributed by atoms with Crippen LogP contribution in [0.5, 0.6) is 5.75 Å². The zero-order chi connectivity index (χ0) is 22.7. The number of rotatable bonds is 8. The summed E-state index contributed by atoms with van der Waals surface area (Å²) in [5, 5.41) is 0.958. The molecule has 2 aromatic carbocycles. The highest BCUT2D eigenvalue weighted by molar-refractivity contribution is 9.10. The Morgan fingerprint density at radius 1 is 1.09 bits per heavy atom. The number of nitrogens with one attached hydrogen (secondary N) is 1. The maximum absolute atomic E-state index is 13.2. The Bertz CT molecular complexity index is 1200. The first kappa shape index (κ1) is 23.5. The van der Waals surface area contributed by atoms with Crippen molar-refractivity contribution in [3.8, 4) is 5.75 Å². The fraction of sp³-hybridized carbons (Fsp3) is 0.261. The summed E-state index contributed by atoms with van der Waals surface area (Å²) in [6.07, 6.45) is 4.43. The van der Waals surface area contributed by atoms with Crippen molar-refractivity contribution in [2.24, 2.45) is 0 Å². The molecule has 168 valence electrons. The molecule has 1 heterocycles. The highest BCUT2D eigenvalue weighted by Gasteiger charge is 2.28. The van der Waals surface area contributed by atoms with Gasteiger partial charge in [-0.15, -0.1) is 0 Å². The molecule has 0 unspecified atom stereocenters. The Morgan fingerprint density at radius 2 is 1.78 bits per heavy atom. The minimum absolute atomic E-state index is 0.0473. The smallest absolute Gasteiger partial charge is 0.244 e. The molecule has 0 atom stereocenters. The van der Waals surface area contributed by atoms with E-state index < -0.39 is 10.0 Å². The van der Waals surface area contributed by atoms with Gasteiger partial charge in [-0.2, -0.15) is 0 Å². The second-order valence-corrected chi connectivity index (χ2v) is 11.1. The Labute approximate surface area is 206 Å². The largest absolute Gasteiger partial charge is 0.486 e. The molecule has 0 bridgehead atoms. The van der Waals surface area contributed by atoms with Crippen molar-refractivity contribution < 1.29 is 13.2 Å². The second kappa shape index (κ2) is 10.1. The number of ether oxygens (including phenoxy) is 1. The first-order valence-corrected chi connectivity index (χ1v) is 13.2. The fourth-order valence-electron chi connectivity index (χ4n) is 3.35. The standard InChI is InChI=1S/C23H21BrCl2N2O3S/c24-16-9-20(25)19(21(26)10-16)11-18-12-23(32(29,30)28-17-7-4-8-17)22(13-27-18)31-14-15-5-2-1-3-6-15/h1-3,5-6,9-10,12-13,17,28H,4,7-8,11,14H2. The summed E-state index contributed by atoms with van der Waals surface area (Å²) >= 11 is 16.1. The van der Waals surface area contributed by atoms with Gasteiger partial charge in [-0.25, -0.2) is 13.1 Å². The van der Waals surface area contributed by atoms with Crippen molar-refractivity contribution >= 4 is 49.2 Å². The summed E-state index contributed by atoms with van der Waals surface area (Å²) in [6, 6.07) is 14.5. The predicted molar refractivity (Wildman–Crippen MR) is 130 cm³/mol. The first-order valence-electron chi connectivity index (χ1n) is 10.1. The third kappa shape index (κ3) is 5.64. The van der Waals surface area contributed by atoms with Gasteiger partial charge in [0, 0.05) is 32.7 Å². The highest BCUT2D eigenvalue weighted by Crippen LogP contribution is 2.33. The van der Waals surface area contributed by atoms with E-state index in [1.54, 1.807) is 12.1 Å². The Hall–Kier alpha value is -1.64. The second-order valence-electron chi connectivity index (χ2n) is 7.67. The summed E-state index contributed by atoms with van der Waals surface area (Å²) in [5.41, 5.74) is 2.13. The van der Waals surface area contributed by atoms with E-state index >= 15 is 0 Å². The first-order chi connectivity index (χ1) is 15.3. The molecule has 0 amide bonds. The summed E-state index contributed by atoms with van der Waals surface area (Å²) < 4.78 is 35.8. The van der Waals surface area contributed by atoms with Gasteiger partial charge >= 0.3 is 0 Å². The van der Waals surface area contributed by atoms with E-state index in [1.165, 1.54) is 12.3 Å². The normalized spacial score (nSPS) is 14.2. The maximum atomic E-state index is 13.2. The SMILES string of the molecule is O=S(=O)(NC1CCC1)c1cc(Cc2c(Cl)cc(Br)cc2Cl)ncc1OCc1ccccc1. The predicted octanol–water partition coefficient (Wildman–Crippen LogP) is 6.15. The van der Waals surface area contributed by atoms with Gasteiger partial charge in [0.2, 0.25) is 10.0 Å². The highest BCUT2D eigenvalue weighted by atomic mass is 79.9. The topological polar surface area (TPSA) is 68.3 Å². The molecule has 1 fully saturated rings. The van der Waals surface area contributed by atoms with E-state index in [-0.39, 0.29) is 29.7 Å². The van der Waals surface area contributed by atoms with Crippen molar-refractivity contribution in [1.82, 2.24) is 9.71 Å². The fourth-order valence-corrected chi connectivity index (χ4v) is 6.16. The third-order valence-electron chi connectivity index (χ3n) is 5.31. The van der Waals surface area contributed by atoms with Gasteiger partial charge in [0.15, 0.2) is 5.75 Å². The van der Waals surface area contributed by atoms with Crippen LogP contribution in [0.4, 0.5) is 0 Å². The lowest BCUT2D eigenvalue weighted by atomic mass is 9.94. The summed E-state index contributed by atoms with van der Waals surface area (Å²) in [6.45, 7) is 0.234. The van der Waals surface area contributed by atoms with E-state index in [1.807, 2.05) is 30.3 Å². The van der Waals surface area contributed by atoms with Crippen LogP contribution in [-0.4, -0.2) is 19.4 Å². The van der Waals surface area contributed by atoms with Gasteiger partial charge in [0.05, 0.1) is 6.20 Å². The summed E-state index contributed by atoms with van der Waals surface area (Å²) in [5.74, 6) is 0.206. The number of hydrogen-bond donors (Lipinski definition) is 1. The average Bonchev–Trinajstić information content (AvgIpc) is 2.73. The lowest BCUT2D eigenvalue weighted by Gasteiger charge is -2.26. The molecule has 0 saturated heterocycles. The molecule has 1 aromatic heterocycles. The molecule has 1 saturated carbocycles. The summed E-state index contributed by atoms with van der Waals surface area (Å²) in [7, 11) is -3.79. The van der Waals surface area contributed by atoms with E-state index in [0.717, 1.165) is 29.3 Å². The van der Waals surface area contributed by atoms with Crippen LogP contribution in [0, 0.1) is 0 Å². The van der Waals surface area contributed by atoms with E-state index in [0.29, 0.717) is 21.3 Å². The number of pyridine rings is 1. The van der Waals surface area contributed by atoms with Gasteiger partial charge in [-0.3, -0.25) is 4.98 Å². The molecule has 0 spiro atoms. The van der Waals surface area contributed by atoms with Crippen LogP contribution in [0.2, 0.25) is 10.0 Å². The zero-order valence-corrected chi connectivity index (χ0v) is 20.9. The zero-order valence-electron chi connectivity index (χ0n) is 17.0. The molecule has 4 rings (SSSR count). The Balaban J connectivity index is 1.66. The van der Waals surface area contributed by atoms with Crippen LogP contribution in [0.25, 0.3) is 0 Å². The van der Waals surface area contributed by atoms with Crippen molar-refractivity contribution in [3.05, 3.63) is 86.1 Å². The number of aromatic nitrogens is 1. The Morgan fingerprint density at radius 3 is 2.41 bits per heavy atom. The van der Waals surface area contributed by atoms with Crippen LogP contribution in [0.15, 0.2) is 64.1 Å². The van der Waals surface area contributed by atoms with E-state index in [2.05, 4.69) is 25.6 Å². The molecular formula is C23H21BrCl2N2O3S. The molecule has 1 aliphatic rings. The van der Waals surface area contributed by atoms with E-state index in [4.69, 9.17) is 27.9 Å². The number of sulfonamides is 1. The minimum Gasteiger partial charge on any atom is -0.486 e. The van der Waals surface area contributed by atoms with Gasteiger partial charge in [0.25, 0.3) is 0 Å². The van der Waals surface area contributed by atoms with Crippen LogP contribution < -0.4 is 9.46 Å². The monoisotopic (exact) mass is 554 g/mol. The van der Waals surface area contributed by atoms with Gasteiger partial charge in [0.1, 0.15) is 11.5 Å². The lowest BCUT2D eigenvalue weighted by Crippen LogP contribution is -2.39. The van der Waals surface area contributed by atoms with Crippen molar-refractivity contribution in [3.63, 3.8) is 0 Å². The summed E-state index contributed by atoms with van der Waals surface area (Å²) in [4.78, 5) is 4.50. The molecule has 9 heteroatoms. The lowest BCUT2D eigenvalue weighted by molar-refractivity contribution is 0.295. The molecule has 0 radical (unpaired) electrons. The minimum atomic E-state index is -3.79. The molecule has 3 aromatic rings. The molecule has 0 aliphatic heterocycles. The van der Waals surface area contributed by atoms with Crippen molar-refractivity contribution in [1.29, 1.82) is 0 Å². The molecule has 1 aliphatic carbocycles. The number of hydrogen-bond acceptors (Lipinski definition) is 4. The number of halogens is 3. The van der Waals surface area contributed by atoms with Crippen LogP contribution >= 0.6 is 39.1 Å². The maximum Gasteiger partial charge on any atom is 0.244 e. The van der Waals surface area contributed by atoms with Crippen molar-refractivity contribution in [2.45, 2.75) is 43.2 Å². The van der Waals surface area contributed by atoms with Gasteiger partial charge in [-0.1, -0.05) is 75.9 Å². The van der Waals surface area contributed by atoms with Crippen LogP contribution in [0.1, 0.15) is 36.1 Å². The van der Waals surface area contributed by atoms with Gasteiger partial charge < -0.3 is 4.74 Å². The van der Waals surface area contributed by atoms with Crippen molar-refractivity contribution in [2.75, 3.05) is 0 Å². The molecular weight excluding hydrogens is 535 g/mol. The number of nitrogens with zero attached hydrogens (tertiary/aromatic N) is 1. The Kier molecular flexibility index (Phi) is 7.42. The van der Waals surface area contributed by atoms with E-state index in [9.17, 15) is 8.42 Å². The van der Waals surface area contributed by atoms with Crippen LogP contribution in [0.3, 0.4) is 0 Å². The molecule has 1 N–H and O–H groups in total. The molecule has 5 nitrogen and oxygen atoms in total. The number of benzene rings is 2. The molecule has 32 heavy (non-hydrogen) atoms. The van der Waals surface area contributed by atoms with Crippen LogP contribution in [-0.2, 0) is 23.1 Å².